The number of nitrogens with one attached hydrogen (secondary N) is 1. The molecule has 0 unspecified atom stereocenters. The van der Waals surface area contributed by atoms with Crippen LogP contribution in [0.1, 0.15) is 31.4 Å². The first-order chi connectivity index (χ1) is 8.20. The van der Waals surface area contributed by atoms with Gasteiger partial charge in [0, 0.05) is 6.04 Å². The fraction of sp³-hybridized carbons (Fsp3) is 0.385. The minimum Gasteiger partial charge on any atom is -0.332 e. The minimum atomic E-state index is 0.0570. The number of hydrogen-bond donors (Lipinski definition) is 1. The van der Waals surface area contributed by atoms with E-state index in [4.69, 9.17) is 12.2 Å². The number of aromatic amines is 1. The van der Waals surface area contributed by atoms with Gasteiger partial charge in [0.15, 0.2) is 4.77 Å². The number of hydrogen-bond acceptors (Lipinski definition) is 2. The fourth-order valence-electron chi connectivity index (χ4n) is 2.16. The molecular formula is C13H14N2OS. The lowest BCUT2D eigenvalue weighted by Gasteiger charge is -2.07. The Hall–Kier alpha value is -1.42. The Bertz CT molecular complexity index is 695. The third-order valence-corrected chi connectivity index (χ3v) is 3.61. The molecule has 2 aromatic rings. The molecule has 1 saturated carbocycles. The molecule has 1 aromatic heterocycles. The third kappa shape index (κ3) is 1.72. The van der Waals surface area contributed by atoms with E-state index in [1.807, 2.05) is 18.2 Å². The molecule has 0 aliphatic heterocycles. The molecule has 4 heteroatoms. The van der Waals surface area contributed by atoms with Gasteiger partial charge in [-0.25, -0.2) is 0 Å². The normalized spacial score (nSPS) is 15.4. The number of aryl methyl sites for hydroxylation is 1. The average molecular weight is 246 g/mol. The molecule has 1 aliphatic carbocycles. The molecule has 1 aliphatic rings. The summed E-state index contributed by atoms with van der Waals surface area (Å²) in [6.45, 7) is 2.09. The van der Waals surface area contributed by atoms with Crippen LogP contribution in [0, 0.1) is 4.77 Å². The van der Waals surface area contributed by atoms with Gasteiger partial charge in [-0.1, -0.05) is 13.0 Å². The van der Waals surface area contributed by atoms with E-state index in [9.17, 15) is 4.79 Å². The molecule has 0 bridgehead atoms. The summed E-state index contributed by atoms with van der Waals surface area (Å²) in [4.78, 5) is 15.5. The second kappa shape index (κ2) is 3.81. The minimum absolute atomic E-state index is 0.0570. The average Bonchev–Trinajstić information content (AvgIpc) is 3.13. The molecule has 0 amide bonds. The van der Waals surface area contributed by atoms with Crippen LogP contribution in [-0.2, 0) is 6.42 Å². The van der Waals surface area contributed by atoms with E-state index in [1.54, 1.807) is 4.57 Å². The summed E-state index contributed by atoms with van der Waals surface area (Å²) in [7, 11) is 0. The number of H-pyrrole nitrogens is 1. The highest BCUT2D eigenvalue weighted by Gasteiger charge is 2.26. The van der Waals surface area contributed by atoms with Gasteiger partial charge in [0.25, 0.3) is 5.56 Å². The number of rotatable bonds is 2. The topological polar surface area (TPSA) is 37.8 Å². The molecule has 1 N–H and O–H groups in total. The third-order valence-electron chi connectivity index (χ3n) is 3.31. The number of fused-ring (bicyclic) bond motifs is 1. The molecule has 3 rings (SSSR count). The monoisotopic (exact) mass is 246 g/mol. The van der Waals surface area contributed by atoms with E-state index in [1.165, 1.54) is 5.56 Å². The molecule has 0 saturated heterocycles. The van der Waals surface area contributed by atoms with Gasteiger partial charge in [0.05, 0.1) is 10.9 Å². The van der Waals surface area contributed by atoms with Crippen LogP contribution >= 0.6 is 12.2 Å². The quantitative estimate of drug-likeness (QED) is 0.827. The fourth-order valence-corrected chi connectivity index (χ4v) is 2.50. The van der Waals surface area contributed by atoms with Gasteiger partial charge in [-0.05, 0) is 49.2 Å². The Kier molecular flexibility index (Phi) is 2.40. The predicted octanol–water partition coefficient (Wildman–Crippen LogP) is 2.96. The molecule has 88 valence electrons. The summed E-state index contributed by atoms with van der Waals surface area (Å²) in [6, 6.07) is 6.28. The predicted molar refractivity (Wildman–Crippen MR) is 71.0 cm³/mol. The summed E-state index contributed by atoms with van der Waals surface area (Å²) in [5.74, 6) is 0. The molecule has 1 aromatic carbocycles. The zero-order chi connectivity index (χ0) is 12.0. The van der Waals surface area contributed by atoms with E-state index < -0.39 is 0 Å². The Morgan fingerprint density at radius 1 is 1.47 bits per heavy atom. The first-order valence-corrected chi connectivity index (χ1v) is 6.39. The second-order valence-electron chi connectivity index (χ2n) is 4.57. The second-order valence-corrected chi connectivity index (χ2v) is 4.96. The number of nitrogens with zero attached hydrogens (tertiary/aromatic N) is 1. The van der Waals surface area contributed by atoms with Crippen LogP contribution in [-0.4, -0.2) is 9.55 Å². The zero-order valence-corrected chi connectivity index (χ0v) is 10.5. The standard InChI is InChI=1S/C13H14N2OS/c1-2-8-3-6-11-10(7-8)12(16)15(9-4-5-9)13(17)14-11/h3,6-7,9H,2,4-5H2,1H3,(H,14,17). The van der Waals surface area contributed by atoms with Gasteiger partial charge in [0.1, 0.15) is 0 Å². The van der Waals surface area contributed by atoms with Gasteiger partial charge in [-0.3, -0.25) is 9.36 Å². The molecule has 1 heterocycles. The van der Waals surface area contributed by atoms with Gasteiger partial charge >= 0.3 is 0 Å². The van der Waals surface area contributed by atoms with Crippen molar-refractivity contribution in [3.63, 3.8) is 0 Å². The Morgan fingerprint density at radius 3 is 2.88 bits per heavy atom. The van der Waals surface area contributed by atoms with Crippen molar-refractivity contribution in [3.05, 3.63) is 38.9 Å². The number of aromatic nitrogens is 2. The van der Waals surface area contributed by atoms with Crippen LogP contribution < -0.4 is 5.56 Å². The van der Waals surface area contributed by atoms with Crippen LogP contribution in [0.3, 0.4) is 0 Å². The van der Waals surface area contributed by atoms with E-state index in [0.717, 1.165) is 30.2 Å². The number of benzene rings is 1. The van der Waals surface area contributed by atoms with E-state index >= 15 is 0 Å². The van der Waals surface area contributed by atoms with Gasteiger partial charge in [-0.2, -0.15) is 0 Å². The summed E-state index contributed by atoms with van der Waals surface area (Å²) in [5, 5.41) is 0.754. The van der Waals surface area contributed by atoms with Crippen molar-refractivity contribution in [2.24, 2.45) is 0 Å². The molecular weight excluding hydrogens is 232 g/mol. The zero-order valence-electron chi connectivity index (χ0n) is 9.69. The lowest BCUT2D eigenvalue weighted by Crippen LogP contribution is -2.21. The van der Waals surface area contributed by atoms with Crippen LogP contribution in [0.2, 0.25) is 0 Å². The highest BCUT2D eigenvalue weighted by molar-refractivity contribution is 7.71. The Morgan fingerprint density at radius 2 is 2.24 bits per heavy atom. The van der Waals surface area contributed by atoms with Crippen molar-refractivity contribution >= 4 is 23.1 Å². The molecule has 1 fully saturated rings. The first-order valence-electron chi connectivity index (χ1n) is 5.98. The van der Waals surface area contributed by atoms with Crippen molar-refractivity contribution in [1.82, 2.24) is 9.55 Å². The van der Waals surface area contributed by atoms with Gasteiger partial charge < -0.3 is 4.98 Å². The maximum absolute atomic E-state index is 12.4. The SMILES string of the molecule is CCc1ccc2[nH]c(=S)n(C3CC3)c(=O)c2c1. The smallest absolute Gasteiger partial charge is 0.262 e. The first kappa shape index (κ1) is 10.7. The van der Waals surface area contributed by atoms with Crippen molar-refractivity contribution in [1.29, 1.82) is 0 Å². The van der Waals surface area contributed by atoms with E-state index in [2.05, 4.69) is 11.9 Å². The molecule has 0 radical (unpaired) electrons. The van der Waals surface area contributed by atoms with Gasteiger partial charge in [-0.15, -0.1) is 0 Å². The van der Waals surface area contributed by atoms with Crippen LogP contribution in [0.25, 0.3) is 10.9 Å². The van der Waals surface area contributed by atoms with E-state index in [-0.39, 0.29) is 5.56 Å². The highest BCUT2D eigenvalue weighted by Crippen LogP contribution is 2.33. The van der Waals surface area contributed by atoms with Crippen molar-refractivity contribution in [3.8, 4) is 0 Å². The lowest BCUT2D eigenvalue weighted by molar-refractivity contribution is 0.685. The molecule has 0 spiro atoms. The maximum Gasteiger partial charge on any atom is 0.262 e. The van der Waals surface area contributed by atoms with Crippen molar-refractivity contribution in [2.75, 3.05) is 0 Å². The Labute approximate surface area is 104 Å². The van der Waals surface area contributed by atoms with Crippen LogP contribution in [0.5, 0.6) is 0 Å². The summed E-state index contributed by atoms with van der Waals surface area (Å²) in [6.07, 6.45) is 3.07. The molecule has 0 atom stereocenters. The van der Waals surface area contributed by atoms with Crippen LogP contribution in [0.4, 0.5) is 0 Å². The molecule has 3 nitrogen and oxygen atoms in total. The highest BCUT2D eigenvalue weighted by atomic mass is 32.1. The summed E-state index contributed by atoms with van der Waals surface area (Å²) in [5.41, 5.74) is 2.08. The Balaban J connectivity index is 2.37. The van der Waals surface area contributed by atoms with Crippen molar-refractivity contribution < 1.29 is 0 Å². The largest absolute Gasteiger partial charge is 0.332 e. The maximum atomic E-state index is 12.4. The summed E-state index contributed by atoms with van der Waals surface area (Å²) < 4.78 is 2.28. The van der Waals surface area contributed by atoms with E-state index in [0.29, 0.717) is 10.8 Å². The van der Waals surface area contributed by atoms with Crippen LogP contribution in [0.15, 0.2) is 23.0 Å². The lowest BCUT2D eigenvalue weighted by atomic mass is 10.1. The van der Waals surface area contributed by atoms with Gasteiger partial charge in [0.2, 0.25) is 0 Å². The molecule has 17 heavy (non-hydrogen) atoms. The van der Waals surface area contributed by atoms with Crippen molar-refractivity contribution in [2.45, 2.75) is 32.2 Å². The summed E-state index contributed by atoms with van der Waals surface area (Å²) >= 11 is 5.25.